The summed E-state index contributed by atoms with van der Waals surface area (Å²) in [5, 5.41) is 0. The molecule has 0 saturated heterocycles. The van der Waals surface area contributed by atoms with Gasteiger partial charge in [-0.15, -0.1) is 0 Å². The summed E-state index contributed by atoms with van der Waals surface area (Å²) in [6.45, 7) is 3.42. The smallest absolute Gasteiger partial charge is 0.496 e. The van der Waals surface area contributed by atoms with E-state index in [-0.39, 0.29) is 40.6 Å². The van der Waals surface area contributed by atoms with Crippen LogP contribution < -0.4 is 4.74 Å². The maximum Gasteiger partial charge on any atom is 0.509 e. The molecule has 1 amide bonds. The lowest BCUT2D eigenvalue weighted by Gasteiger charge is -2.36. The van der Waals surface area contributed by atoms with Crippen molar-refractivity contribution < 1.29 is 109 Å². The van der Waals surface area contributed by atoms with E-state index in [0.717, 1.165) is 26.2 Å². The molecule has 2 atom stereocenters. The minimum atomic E-state index is -5.54. The predicted molar refractivity (Wildman–Crippen MR) is 321 cm³/mol. The summed E-state index contributed by atoms with van der Waals surface area (Å²) in [5.41, 5.74) is -6.35. The van der Waals surface area contributed by atoms with Crippen molar-refractivity contribution in [3.05, 3.63) is 231 Å². The van der Waals surface area contributed by atoms with Crippen LogP contribution >= 0.6 is 15.6 Å². The van der Waals surface area contributed by atoms with Crippen LogP contribution in [-0.4, -0.2) is 55.2 Å². The van der Waals surface area contributed by atoms with Crippen LogP contribution in [0.4, 0.5) is 53.5 Å². The normalized spacial score (nSPS) is 13.2. The van der Waals surface area contributed by atoms with Gasteiger partial charge in [0.15, 0.2) is 12.2 Å². The topological polar surface area (TPSA) is 164 Å². The Morgan fingerprint density at radius 3 is 1.30 bits per heavy atom. The Morgan fingerprint density at radius 1 is 0.505 bits per heavy atom. The number of carbonyl (C=O) groups is 2. The molecule has 27 heteroatoms. The third-order valence-electron chi connectivity index (χ3n) is 13.8. The van der Waals surface area contributed by atoms with Crippen LogP contribution in [0.15, 0.2) is 170 Å². The number of phosphoric acid groups is 2. The van der Waals surface area contributed by atoms with Crippen LogP contribution in [0.2, 0.25) is 0 Å². The number of phosphoric ester groups is 2. The highest BCUT2D eigenvalue weighted by atomic mass is 31.2. The third-order valence-corrected chi connectivity index (χ3v) is 16.5. The van der Waals surface area contributed by atoms with E-state index in [9.17, 15) is 58.2 Å². The minimum Gasteiger partial charge on any atom is -0.496 e. The van der Waals surface area contributed by atoms with Crippen molar-refractivity contribution in [1.29, 1.82) is 0 Å². The average Bonchev–Trinajstić information content (AvgIpc) is 0.788. The second-order valence-electron chi connectivity index (χ2n) is 22.3. The molecule has 0 N–H and O–H groups in total. The summed E-state index contributed by atoms with van der Waals surface area (Å²) in [7, 11) is -8.59. The van der Waals surface area contributed by atoms with Crippen molar-refractivity contribution >= 4 is 27.9 Å². The van der Waals surface area contributed by atoms with Crippen LogP contribution in [-0.2, 0) is 102 Å². The highest BCUT2D eigenvalue weighted by molar-refractivity contribution is 7.48. The van der Waals surface area contributed by atoms with Gasteiger partial charge in [-0.1, -0.05) is 141 Å². The summed E-state index contributed by atoms with van der Waals surface area (Å²) < 4.78 is 236. The largest absolute Gasteiger partial charge is 0.509 e. The van der Waals surface area contributed by atoms with E-state index in [1.165, 1.54) is 26.8 Å². The second-order valence-corrected chi connectivity index (χ2v) is 25.7. The number of rotatable bonds is 28. The molecule has 0 saturated carbocycles. The molecule has 0 aromatic heterocycles. The van der Waals surface area contributed by atoms with Gasteiger partial charge >= 0.3 is 46.4 Å². The van der Waals surface area contributed by atoms with Gasteiger partial charge in [-0.05, 0) is 115 Å². The monoisotopic (exact) mass is 1350 g/mol. The van der Waals surface area contributed by atoms with E-state index < -0.39 is 156 Å². The number of carbonyl (C=O) groups excluding carboxylic acids is 2. The number of halogens is 10. The molecule has 15 nitrogen and oxygen atoms in total. The lowest BCUT2D eigenvalue weighted by Crippen LogP contribution is -2.45. The van der Waals surface area contributed by atoms with Crippen molar-refractivity contribution in [1.82, 2.24) is 4.90 Å². The minimum absolute atomic E-state index is 0.0105. The maximum absolute atomic E-state index is 15.5. The zero-order valence-corrected chi connectivity index (χ0v) is 53.1. The fourth-order valence-electron chi connectivity index (χ4n) is 9.06. The predicted octanol–water partition coefficient (Wildman–Crippen LogP) is 19.2. The molecule has 0 unspecified atom stereocenters. The quantitative estimate of drug-likeness (QED) is 0.0258. The summed E-state index contributed by atoms with van der Waals surface area (Å²) in [6, 6.07) is 35.6. The number of methoxy groups -OCH3 is 1. The Bertz CT molecular complexity index is 3450. The van der Waals surface area contributed by atoms with Crippen molar-refractivity contribution in [3.63, 3.8) is 0 Å². The van der Waals surface area contributed by atoms with E-state index >= 15 is 4.39 Å². The van der Waals surface area contributed by atoms with Crippen molar-refractivity contribution in [2.45, 2.75) is 123 Å². The molecule has 0 fully saturated rings. The standard InChI is InChI=1S/C66H67F10NO14P2/c1-43(2)56-34-57(59(82-7)35-58(56)67)55-29-28-51(64(68,69)70)32-50(55)36-77(61(78)91-63(4,5)6)44(3)60(49-30-52(65(71,72)73)33-53(31-49)66(74,75)76)90-62(79)89-54(41-87-92(80,83-37-45-20-12-8-13-21-45)84-38-46-22-14-9-15-23-46)42-88-93(81,85-39-47-24-16-10-17-25-47)86-40-48-26-18-11-19-27-48/h8-35,43-44,54,60H,36-42H2,1-7H3/t44-,60-/m0/s1. The number of alkyl halides is 9. The zero-order valence-electron chi connectivity index (χ0n) is 51.3. The van der Waals surface area contributed by atoms with Crippen LogP contribution in [0.5, 0.6) is 5.75 Å². The molecule has 0 aliphatic carbocycles. The van der Waals surface area contributed by atoms with Gasteiger partial charge in [0.25, 0.3) is 0 Å². The number of hydrogen-bond acceptors (Lipinski definition) is 14. The van der Waals surface area contributed by atoms with Crippen LogP contribution in [0.3, 0.4) is 0 Å². The van der Waals surface area contributed by atoms with Gasteiger partial charge < -0.3 is 18.9 Å². The van der Waals surface area contributed by atoms with Gasteiger partial charge in [-0.3, -0.25) is 32.0 Å². The van der Waals surface area contributed by atoms with Gasteiger partial charge in [0.2, 0.25) is 0 Å². The highest BCUT2D eigenvalue weighted by Crippen LogP contribution is 2.53. The Kier molecular flexibility index (Phi) is 24.7. The first-order chi connectivity index (χ1) is 43.7. The van der Waals surface area contributed by atoms with E-state index in [1.807, 2.05) is 0 Å². The number of amides is 1. The first-order valence-corrected chi connectivity index (χ1v) is 31.6. The zero-order chi connectivity index (χ0) is 67.9. The summed E-state index contributed by atoms with van der Waals surface area (Å²) in [6.07, 6.45) is -24.2. The summed E-state index contributed by atoms with van der Waals surface area (Å²) in [4.78, 5) is 30.2. The number of hydrogen-bond donors (Lipinski definition) is 0. The van der Waals surface area contributed by atoms with Crippen LogP contribution in [0.1, 0.15) is 109 Å². The molecule has 0 aliphatic rings. The van der Waals surface area contributed by atoms with Crippen LogP contribution in [0, 0.1) is 5.82 Å². The Balaban J connectivity index is 1.35. The summed E-state index contributed by atoms with van der Waals surface area (Å²) >= 11 is 0. The second kappa shape index (κ2) is 31.6. The molecule has 7 rings (SSSR count). The van der Waals surface area contributed by atoms with E-state index in [0.29, 0.717) is 39.3 Å². The molecule has 0 bridgehead atoms. The maximum atomic E-state index is 15.5. The fraction of sp³-hybridized carbons (Fsp3) is 0.333. The molecule has 500 valence electrons. The number of nitrogens with zero attached hydrogens (tertiary/aromatic N) is 1. The molecular weight excluding hydrogens is 1280 g/mol. The molecule has 0 aliphatic heterocycles. The lowest BCUT2D eigenvalue weighted by atomic mass is 9.91. The summed E-state index contributed by atoms with van der Waals surface area (Å²) in [5.74, 6) is -1.47. The number of ether oxygens (including phenoxy) is 4. The molecule has 0 heterocycles. The van der Waals surface area contributed by atoms with Gasteiger partial charge in [-0.2, -0.15) is 39.5 Å². The van der Waals surface area contributed by atoms with Crippen molar-refractivity contribution in [2.75, 3.05) is 20.3 Å². The molecule has 7 aromatic rings. The van der Waals surface area contributed by atoms with Crippen molar-refractivity contribution in [2.24, 2.45) is 0 Å². The first kappa shape index (κ1) is 72.8. The van der Waals surface area contributed by atoms with Gasteiger partial charge in [-0.25, -0.2) is 23.1 Å². The number of benzene rings is 7. The first-order valence-electron chi connectivity index (χ1n) is 28.7. The molecule has 0 radical (unpaired) electrons. The molecule has 0 spiro atoms. The lowest BCUT2D eigenvalue weighted by molar-refractivity contribution is -0.143. The van der Waals surface area contributed by atoms with Crippen LogP contribution in [0.25, 0.3) is 11.1 Å². The Hall–Kier alpha value is -7.60. The fourth-order valence-corrected chi connectivity index (χ4v) is 11.4. The van der Waals surface area contributed by atoms with E-state index in [2.05, 4.69) is 0 Å². The third kappa shape index (κ3) is 21.7. The van der Waals surface area contributed by atoms with Gasteiger partial charge in [0, 0.05) is 11.6 Å². The SMILES string of the molecule is COc1cc(F)c(C(C)C)cc1-c1ccc(C(F)(F)F)cc1CN(C(=O)OC(C)(C)C)[C@@H](C)[C@H](OC(=O)OC(COP(=O)(OCc1ccccc1)OCc1ccccc1)COP(=O)(OCc1ccccc1)OCc1ccccc1)c1cc(C(F)(F)F)cc(C(F)(F)F)c1. The van der Waals surface area contributed by atoms with Crippen molar-refractivity contribution in [3.8, 4) is 16.9 Å². The highest BCUT2D eigenvalue weighted by Gasteiger charge is 2.43. The molecular formula is C66H67F10NO14P2. The van der Waals surface area contributed by atoms with Gasteiger partial charge in [0.1, 0.15) is 17.2 Å². The van der Waals surface area contributed by atoms with Gasteiger partial charge in [0.05, 0.1) is 76.0 Å². The molecule has 93 heavy (non-hydrogen) atoms. The Labute approximate surface area is 531 Å². The molecule has 7 aromatic carbocycles. The Morgan fingerprint density at radius 2 is 0.925 bits per heavy atom. The van der Waals surface area contributed by atoms with E-state index in [4.69, 9.17) is 46.1 Å². The van der Waals surface area contributed by atoms with E-state index in [1.54, 1.807) is 135 Å². The average molecular weight is 1350 g/mol.